The molecule has 0 saturated carbocycles. The zero-order valence-corrected chi connectivity index (χ0v) is 14.6. The van der Waals surface area contributed by atoms with Crippen LogP contribution in [-0.2, 0) is 10.1 Å². The molecule has 1 aromatic heterocycles. The van der Waals surface area contributed by atoms with Crippen molar-refractivity contribution in [1.29, 1.82) is 0 Å². The maximum atomic E-state index is 11.7. The zero-order valence-electron chi connectivity index (χ0n) is 13.8. The van der Waals surface area contributed by atoms with Crippen LogP contribution < -0.4 is 10.5 Å². The monoisotopic (exact) mass is 396 g/mol. The molecule has 0 radical (unpaired) electrons. The van der Waals surface area contributed by atoms with Crippen molar-refractivity contribution in [3.63, 3.8) is 0 Å². The van der Waals surface area contributed by atoms with E-state index in [0.717, 1.165) is 0 Å². The third-order valence-electron chi connectivity index (χ3n) is 3.63. The summed E-state index contributed by atoms with van der Waals surface area (Å²) >= 11 is 0. The number of nitrogen functional groups attached to an aromatic ring is 1. The van der Waals surface area contributed by atoms with E-state index in [4.69, 9.17) is 10.5 Å². The fourth-order valence-corrected chi connectivity index (χ4v) is 3.20. The second-order valence-electron chi connectivity index (χ2n) is 5.30. The number of azo groups is 1. The average molecular weight is 396 g/mol. The molecule has 3 N–H and O–H groups in total. The summed E-state index contributed by atoms with van der Waals surface area (Å²) in [5.41, 5.74) is 6.85. The van der Waals surface area contributed by atoms with Crippen molar-refractivity contribution in [2.24, 2.45) is 10.2 Å². The summed E-state index contributed by atoms with van der Waals surface area (Å²) in [5.74, 6) is 0.487. The predicted molar refractivity (Wildman–Crippen MR) is 105 cm³/mol. The minimum absolute atomic E-state index is 0. The van der Waals surface area contributed by atoms with Gasteiger partial charge in [-0.1, -0.05) is 24.3 Å². The van der Waals surface area contributed by atoms with Crippen LogP contribution in [0.15, 0.2) is 63.9 Å². The van der Waals surface area contributed by atoms with Gasteiger partial charge in [-0.15, -0.1) is 10.2 Å². The Morgan fingerprint density at radius 3 is 2.48 bits per heavy atom. The number of nitrogens with two attached hydrogens (primary N) is 1. The van der Waals surface area contributed by atoms with E-state index in [-0.39, 0.29) is 45.8 Å². The van der Waals surface area contributed by atoms with Crippen molar-refractivity contribution in [2.75, 3.05) is 12.3 Å². The molecule has 3 aromatic rings. The van der Waals surface area contributed by atoms with Gasteiger partial charge in [0.15, 0.2) is 0 Å². The van der Waals surface area contributed by atoms with Crippen LogP contribution in [0.2, 0.25) is 0 Å². The van der Waals surface area contributed by atoms with E-state index >= 15 is 0 Å². The first kappa shape index (κ1) is 21.3. The average Bonchev–Trinajstić information content (AvgIpc) is 2.62. The third kappa shape index (κ3) is 4.63. The Bertz CT molecular complexity index is 1100. The second-order valence-corrected chi connectivity index (χ2v) is 6.69. The molecule has 0 aliphatic rings. The summed E-state index contributed by atoms with van der Waals surface area (Å²) in [5, 5.41) is 8.87. The van der Waals surface area contributed by atoms with Gasteiger partial charge in [0.1, 0.15) is 22.0 Å². The van der Waals surface area contributed by atoms with Gasteiger partial charge in [0.05, 0.1) is 18.5 Å². The molecule has 0 aliphatic carbocycles. The van der Waals surface area contributed by atoms with Crippen molar-refractivity contribution < 1.29 is 17.7 Å². The van der Waals surface area contributed by atoms with E-state index in [0.29, 0.717) is 28.8 Å². The van der Waals surface area contributed by atoms with Gasteiger partial charge in [-0.2, -0.15) is 8.42 Å². The molecule has 0 amide bonds. The third-order valence-corrected chi connectivity index (χ3v) is 4.52. The van der Waals surface area contributed by atoms with Crippen LogP contribution in [0.1, 0.15) is 6.92 Å². The van der Waals surface area contributed by atoms with Gasteiger partial charge in [-0.25, -0.2) is 0 Å². The Morgan fingerprint density at radius 1 is 1.15 bits per heavy atom. The number of anilines is 1. The number of hydrogen-bond acceptors (Lipinski definition) is 7. The summed E-state index contributed by atoms with van der Waals surface area (Å²) in [6.07, 6.45) is 3.03. The van der Waals surface area contributed by atoms with Crippen LogP contribution in [0, 0.1) is 0 Å². The van der Waals surface area contributed by atoms with Gasteiger partial charge in [-0.05, 0) is 13.0 Å². The molecule has 136 valence electrons. The molecule has 1 heterocycles. The van der Waals surface area contributed by atoms with Crippen LogP contribution in [0.25, 0.3) is 10.8 Å². The molecule has 0 spiro atoms. The number of ether oxygens (including phenoxy) is 1. The minimum atomic E-state index is -4.46. The first-order valence-electron chi connectivity index (χ1n) is 7.69. The topological polar surface area (TPSA) is 127 Å². The standard InChI is InChI=1S/C17H16N4O4S.Na.H/c1-2-25-15-7-8-19-10-14(15)21-20-13-9-16(26(22,23)24)11-5-3-4-6-12(11)17(13)18;;/h3-10H,2,18H2,1H3,(H,22,23,24);;. The van der Waals surface area contributed by atoms with E-state index in [1.807, 2.05) is 6.92 Å². The van der Waals surface area contributed by atoms with Crippen molar-refractivity contribution in [1.82, 2.24) is 4.98 Å². The summed E-state index contributed by atoms with van der Waals surface area (Å²) in [6, 6.07) is 9.40. The van der Waals surface area contributed by atoms with Gasteiger partial charge >= 0.3 is 29.6 Å². The number of aromatic nitrogens is 1. The molecule has 0 saturated heterocycles. The molecule has 0 bridgehead atoms. The van der Waals surface area contributed by atoms with Crippen LogP contribution in [-0.4, -0.2) is 54.1 Å². The second kappa shape index (κ2) is 8.77. The Kier molecular flexibility index (Phi) is 6.90. The van der Waals surface area contributed by atoms with Crippen LogP contribution in [0.5, 0.6) is 5.75 Å². The molecule has 0 atom stereocenters. The van der Waals surface area contributed by atoms with E-state index in [1.54, 1.807) is 36.5 Å². The van der Waals surface area contributed by atoms with E-state index in [1.165, 1.54) is 12.3 Å². The molecular weight excluding hydrogens is 379 g/mol. The quantitative estimate of drug-likeness (QED) is 0.295. The van der Waals surface area contributed by atoms with Crippen molar-refractivity contribution in [2.45, 2.75) is 11.8 Å². The van der Waals surface area contributed by atoms with Crippen molar-refractivity contribution in [3.05, 3.63) is 48.8 Å². The van der Waals surface area contributed by atoms with Crippen LogP contribution >= 0.6 is 0 Å². The summed E-state index contributed by atoms with van der Waals surface area (Å²) in [7, 11) is -4.46. The number of benzene rings is 2. The predicted octanol–water partition coefficient (Wildman–Crippen LogP) is 3.23. The Labute approximate surface area is 178 Å². The molecule has 27 heavy (non-hydrogen) atoms. The number of rotatable bonds is 5. The van der Waals surface area contributed by atoms with Gasteiger partial charge < -0.3 is 10.5 Å². The molecule has 8 nitrogen and oxygen atoms in total. The van der Waals surface area contributed by atoms with Crippen LogP contribution in [0.4, 0.5) is 17.1 Å². The molecule has 10 heteroatoms. The first-order valence-corrected chi connectivity index (χ1v) is 9.13. The SMILES string of the molecule is CCOc1ccncc1N=Nc1cc(S(=O)(=O)O)c2ccccc2c1N.[NaH]. The normalized spacial score (nSPS) is 11.5. The maximum absolute atomic E-state index is 11.7. The number of nitrogens with zero attached hydrogens (tertiary/aromatic N) is 3. The molecular formula is C17H17N4NaO4S. The van der Waals surface area contributed by atoms with Gasteiger partial charge in [0, 0.05) is 23.0 Å². The van der Waals surface area contributed by atoms with Crippen molar-refractivity contribution in [3.8, 4) is 5.75 Å². The van der Waals surface area contributed by atoms with Crippen molar-refractivity contribution >= 4 is 67.5 Å². The van der Waals surface area contributed by atoms with E-state index in [2.05, 4.69) is 15.2 Å². The Balaban J connectivity index is 0.00000261. The summed E-state index contributed by atoms with van der Waals surface area (Å²) in [4.78, 5) is 3.68. The molecule has 2 aromatic carbocycles. The molecule has 3 rings (SSSR count). The molecule has 0 aliphatic heterocycles. The molecule has 0 fully saturated rings. The number of fused-ring (bicyclic) bond motifs is 1. The number of hydrogen-bond donors (Lipinski definition) is 2. The van der Waals surface area contributed by atoms with Gasteiger partial charge in [-0.3, -0.25) is 9.54 Å². The van der Waals surface area contributed by atoms with E-state index < -0.39 is 10.1 Å². The fraction of sp³-hybridized carbons (Fsp3) is 0.118. The number of pyridine rings is 1. The Hall–Kier alpha value is -2.04. The van der Waals surface area contributed by atoms with Gasteiger partial charge in [0.2, 0.25) is 0 Å². The van der Waals surface area contributed by atoms with Gasteiger partial charge in [0.25, 0.3) is 10.1 Å². The van der Waals surface area contributed by atoms with Crippen LogP contribution in [0.3, 0.4) is 0 Å². The first-order chi connectivity index (χ1) is 12.4. The zero-order chi connectivity index (χ0) is 18.7. The van der Waals surface area contributed by atoms with E-state index in [9.17, 15) is 13.0 Å². The summed E-state index contributed by atoms with van der Waals surface area (Å²) in [6.45, 7) is 2.28. The Morgan fingerprint density at radius 2 is 1.81 bits per heavy atom. The molecule has 0 unspecified atom stereocenters. The fourth-order valence-electron chi connectivity index (χ4n) is 2.48. The summed E-state index contributed by atoms with van der Waals surface area (Å²) < 4.78 is 38.4.